The molecule has 0 atom stereocenters. The van der Waals surface area contributed by atoms with Gasteiger partial charge < -0.3 is 0 Å². The Bertz CT molecular complexity index is 576. The van der Waals surface area contributed by atoms with Crippen molar-refractivity contribution in [1.29, 1.82) is 0 Å². The van der Waals surface area contributed by atoms with Crippen LogP contribution >= 0.6 is 23.4 Å². The molecule has 0 spiro atoms. The smallest absolute Gasteiger partial charge is 0.161 e. The van der Waals surface area contributed by atoms with E-state index in [0.29, 0.717) is 0 Å². The third kappa shape index (κ3) is 2.95. The van der Waals surface area contributed by atoms with Gasteiger partial charge in [0.05, 0.1) is 0 Å². The van der Waals surface area contributed by atoms with Crippen molar-refractivity contribution >= 4 is 29.1 Å². The quantitative estimate of drug-likeness (QED) is 0.734. The van der Waals surface area contributed by atoms with E-state index in [1.807, 2.05) is 49.4 Å². The fraction of sp³-hybridized carbons (Fsp3) is 0.133. The van der Waals surface area contributed by atoms with Crippen molar-refractivity contribution in [3.63, 3.8) is 0 Å². The minimum Gasteiger partial charge on any atom is -0.294 e. The Morgan fingerprint density at radius 3 is 2.39 bits per heavy atom. The average molecular weight is 277 g/mol. The first-order chi connectivity index (χ1) is 8.58. The van der Waals surface area contributed by atoms with Gasteiger partial charge in [0.25, 0.3) is 0 Å². The van der Waals surface area contributed by atoms with Crippen LogP contribution in [0.25, 0.3) is 0 Å². The monoisotopic (exact) mass is 276 g/mol. The summed E-state index contributed by atoms with van der Waals surface area (Å²) in [4.78, 5) is 13.8. The van der Waals surface area contributed by atoms with Gasteiger partial charge in [-0.05, 0) is 49.7 Å². The van der Waals surface area contributed by atoms with Gasteiger partial charge >= 0.3 is 0 Å². The van der Waals surface area contributed by atoms with E-state index in [2.05, 4.69) is 0 Å². The number of hydrogen-bond acceptors (Lipinski definition) is 2. The zero-order valence-electron chi connectivity index (χ0n) is 10.2. The Morgan fingerprint density at radius 1 is 1.11 bits per heavy atom. The third-order valence-electron chi connectivity index (χ3n) is 2.63. The molecule has 2 aromatic rings. The van der Waals surface area contributed by atoms with Crippen molar-refractivity contribution in [2.75, 3.05) is 0 Å². The lowest BCUT2D eigenvalue weighted by Gasteiger charge is -2.09. The summed E-state index contributed by atoms with van der Waals surface area (Å²) >= 11 is 7.44. The molecule has 0 N–H and O–H groups in total. The van der Waals surface area contributed by atoms with Crippen LogP contribution in [-0.2, 0) is 0 Å². The van der Waals surface area contributed by atoms with Crippen LogP contribution in [0.1, 0.15) is 22.8 Å². The average Bonchev–Trinajstić information content (AvgIpc) is 2.32. The molecule has 0 aliphatic rings. The predicted molar refractivity (Wildman–Crippen MR) is 76.8 cm³/mol. The second-order valence-corrected chi connectivity index (χ2v) is 5.61. The van der Waals surface area contributed by atoms with Crippen molar-refractivity contribution in [2.45, 2.75) is 23.6 Å². The summed E-state index contributed by atoms with van der Waals surface area (Å²) in [5.41, 5.74) is 1.82. The summed E-state index contributed by atoms with van der Waals surface area (Å²) in [6, 6.07) is 13.5. The van der Waals surface area contributed by atoms with Crippen LogP contribution in [0.5, 0.6) is 0 Å². The molecule has 0 amide bonds. The van der Waals surface area contributed by atoms with E-state index in [1.54, 1.807) is 18.7 Å². The number of hydrogen-bond donors (Lipinski definition) is 0. The highest BCUT2D eigenvalue weighted by molar-refractivity contribution is 7.99. The van der Waals surface area contributed by atoms with Gasteiger partial charge in [-0.2, -0.15) is 0 Å². The minimum atomic E-state index is 0.101. The Kier molecular flexibility index (Phi) is 4.10. The van der Waals surface area contributed by atoms with Gasteiger partial charge in [-0.3, -0.25) is 4.79 Å². The number of rotatable bonds is 3. The maximum Gasteiger partial charge on any atom is 0.161 e. The summed E-state index contributed by atoms with van der Waals surface area (Å²) in [5, 5.41) is 0.718. The standard InChI is InChI=1S/C15H13ClOS/c1-10-4-3-5-14(15(10)11(2)17)18-13-8-6-12(16)7-9-13/h3-9H,1-2H3. The lowest BCUT2D eigenvalue weighted by Crippen LogP contribution is -1.98. The maximum absolute atomic E-state index is 11.7. The van der Waals surface area contributed by atoms with Gasteiger partial charge in [-0.15, -0.1) is 0 Å². The van der Waals surface area contributed by atoms with Crippen LogP contribution in [0.15, 0.2) is 52.3 Å². The predicted octanol–water partition coefficient (Wildman–Crippen LogP) is 5.00. The van der Waals surface area contributed by atoms with E-state index in [0.717, 1.165) is 25.9 Å². The molecule has 0 aliphatic carbocycles. The highest BCUT2D eigenvalue weighted by Gasteiger charge is 2.11. The molecule has 0 saturated carbocycles. The van der Waals surface area contributed by atoms with E-state index < -0.39 is 0 Å². The van der Waals surface area contributed by atoms with Crippen LogP contribution in [-0.4, -0.2) is 5.78 Å². The zero-order valence-corrected chi connectivity index (χ0v) is 11.8. The first-order valence-electron chi connectivity index (χ1n) is 5.62. The van der Waals surface area contributed by atoms with Gasteiger partial charge in [0.1, 0.15) is 0 Å². The second kappa shape index (κ2) is 5.59. The van der Waals surface area contributed by atoms with Crippen LogP contribution in [0.2, 0.25) is 5.02 Å². The van der Waals surface area contributed by atoms with Crippen LogP contribution in [0.3, 0.4) is 0 Å². The van der Waals surface area contributed by atoms with Crippen LogP contribution in [0, 0.1) is 6.92 Å². The third-order valence-corrected chi connectivity index (χ3v) is 3.95. The molecule has 2 rings (SSSR count). The number of aryl methyl sites for hydroxylation is 1. The number of Topliss-reactive ketones (excluding diaryl/α,β-unsaturated/α-hetero) is 1. The Hall–Kier alpha value is -1.25. The van der Waals surface area contributed by atoms with Crippen molar-refractivity contribution in [1.82, 2.24) is 0 Å². The lowest BCUT2D eigenvalue weighted by molar-refractivity contribution is 0.101. The summed E-state index contributed by atoms with van der Waals surface area (Å²) in [7, 11) is 0. The molecule has 0 unspecified atom stereocenters. The van der Waals surface area contributed by atoms with Crippen molar-refractivity contribution in [2.24, 2.45) is 0 Å². The number of benzene rings is 2. The fourth-order valence-electron chi connectivity index (χ4n) is 1.81. The molecule has 0 aromatic heterocycles. The van der Waals surface area contributed by atoms with Crippen molar-refractivity contribution in [3.05, 3.63) is 58.6 Å². The number of ketones is 1. The Labute approximate surface area is 116 Å². The SMILES string of the molecule is CC(=O)c1c(C)cccc1Sc1ccc(Cl)cc1. The van der Waals surface area contributed by atoms with Crippen molar-refractivity contribution < 1.29 is 4.79 Å². The number of carbonyl (C=O) groups is 1. The summed E-state index contributed by atoms with van der Waals surface area (Å²) in [6.45, 7) is 3.57. The highest BCUT2D eigenvalue weighted by atomic mass is 35.5. The fourth-order valence-corrected chi connectivity index (χ4v) is 3.01. The van der Waals surface area contributed by atoms with E-state index in [1.165, 1.54) is 0 Å². The van der Waals surface area contributed by atoms with Gasteiger partial charge in [-0.1, -0.05) is 35.5 Å². The zero-order chi connectivity index (χ0) is 13.1. The van der Waals surface area contributed by atoms with Crippen LogP contribution in [0.4, 0.5) is 0 Å². The van der Waals surface area contributed by atoms with E-state index in [9.17, 15) is 4.79 Å². The van der Waals surface area contributed by atoms with Gasteiger partial charge in [0.2, 0.25) is 0 Å². The van der Waals surface area contributed by atoms with Gasteiger partial charge in [0, 0.05) is 20.4 Å². The summed E-state index contributed by atoms with van der Waals surface area (Å²) < 4.78 is 0. The summed E-state index contributed by atoms with van der Waals surface area (Å²) in [6.07, 6.45) is 0. The molecular formula is C15H13ClOS. The molecule has 0 saturated heterocycles. The molecule has 0 heterocycles. The first-order valence-corrected chi connectivity index (χ1v) is 6.81. The minimum absolute atomic E-state index is 0.101. The normalized spacial score (nSPS) is 10.4. The molecular weight excluding hydrogens is 264 g/mol. The first kappa shape index (κ1) is 13.2. The van der Waals surface area contributed by atoms with Gasteiger partial charge in [0.15, 0.2) is 5.78 Å². The molecule has 3 heteroatoms. The highest BCUT2D eigenvalue weighted by Crippen LogP contribution is 2.32. The molecule has 1 nitrogen and oxygen atoms in total. The Morgan fingerprint density at radius 2 is 1.78 bits per heavy atom. The molecule has 18 heavy (non-hydrogen) atoms. The van der Waals surface area contributed by atoms with Gasteiger partial charge in [-0.25, -0.2) is 0 Å². The number of halogens is 1. The van der Waals surface area contributed by atoms with Crippen LogP contribution < -0.4 is 0 Å². The van der Waals surface area contributed by atoms with E-state index >= 15 is 0 Å². The van der Waals surface area contributed by atoms with Crippen molar-refractivity contribution in [3.8, 4) is 0 Å². The summed E-state index contributed by atoms with van der Waals surface area (Å²) in [5.74, 6) is 0.101. The topological polar surface area (TPSA) is 17.1 Å². The Balaban J connectivity index is 2.37. The molecule has 0 bridgehead atoms. The molecule has 0 fully saturated rings. The largest absolute Gasteiger partial charge is 0.294 e. The van der Waals surface area contributed by atoms with E-state index in [4.69, 9.17) is 11.6 Å². The molecule has 92 valence electrons. The van der Waals surface area contributed by atoms with E-state index in [-0.39, 0.29) is 5.78 Å². The molecule has 2 aromatic carbocycles. The second-order valence-electron chi connectivity index (χ2n) is 4.06. The molecule has 0 radical (unpaired) electrons. The molecule has 0 aliphatic heterocycles. The maximum atomic E-state index is 11.7. The number of carbonyl (C=O) groups excluding carboxylic acids is 1. The lowest BCUT2D eigenvalue weighted by atomic mass is 10.1.